The molecule has 28 heavy (non-hydrogen) atoms. The molecule has 0 fully saturated rings. The van der Waals surface area contributed by atoms with Gasteiger partial charge in [0.1, 0.15) is 5.60 Å². The number of aromatic nitrogens is 2. The molecule has 1 aromatic carbocycles. The molecule has 2 amide bonds. The zero-order chi connectivity index (χ0) is 20.9. The molecule has 0 aliphatic carbocycles. The van der Waals surface area contributed by atoms with Crippen LogP contribution in [0.2, 0.25) is 0 Å². The van der Waals surface area contributed by atoms with Gasteiger partial charge in [0.05, 0.1) is 13.1 Å². The molecule has 0 spiro atoms. The maximum absolute atomic E-state index is 12.5. The maximum atomic E-state index is 12.5. The monoisotopic (exact) mass is 389 g/mol. The Hall–Kier alpha value is -2.57. The van der Waals surface area contributed by atoms with E-state index in [4.69, 9.17) is 4.74 Å². The Bertz CT molecular complexity index is 849. The summed E-state index contributed by atoms with van der Waals surface area (Å²) in [7, 11) is 0. The molecule has 0 saturated carbocycles. The number of benzene rings is 1. The van der Waals surface area contributed by atoms with Crippen LogP contribution in [0.3, 0.4) is 0 Å². The fraction of sp³-hybridized carbons (Fsp3) is 0.571. The van der Waals surface area contributed by atoms with Crippen molar-refractivity contribution in [3.8, 4) is 0 Å². The van der Waals surface area contributed by atoms with E-state index in [9.17, 15) is 9.59 Å². The number of rotatable bonds is 7. The number of aryl methyl sites for hydroxylation is 2. The van der Waals surface area contributed by atoms with E-state index in [0.29, 0.717) is 25.1 Å². The summed E-state index contributed by atoms with van der Waals surface area (Å²) in [5.74, 6) is 1.08. The van der Waals surface area contributed by atoms with Crippen LogP contribution in [-0.4, -0.2) is 35.3 Å². The third kappa shape index (κ3) is 5.24. The lowest BCUT2D eigenvalue weighted by Gasteiger charge is -2.19. The van der Waals surface area contributed by atoms with Crippen LogP contribution in [0.25, 0.3) is 11.0 Å². The van der Waals surface area contributed by atoms with E-state index < -0.39 is 11.7 Å². The summed E-state index contributed by atoms with van der Waals surface area (Å²) in [6, 6.07) is 5.82. The summed E-state index contributed by atoms with van der Waals surface area (Å²) in [5.41, 5.74) is 2.34. The highest BCUT2D eigenvalue weighted by Crippen LogP contribution is 2.17. The van der Waals surface area contributed by atoms with Crippen LogP contribution >= 0.6 is 0 Å². The first-order chi connectivity index (χ1) is 13.2. The minimum Gasteiger partial charge on any atom is -0.444 e. The van der Waals surface area contributed by atoms with Crippen molar-refractivity contribution >= 4 is 23.0 Å². The van der Waals surface area contributed by atoms with Crippen molar-refractivity contribution in [1.29, 1.82) is 0 Å². The van der Waals surface area contributed by atoms with Gasteiger partial charge in [0.25, 0.3) is 11.7 Å². The third-order valence-electron chi connectivity index (χ3n) is 4.54. The lowest BCUT2D eigenvalue weighted by molar-refractivity contribution is -0.674. The van der Waals surface area contributed by atoms with Crippen molar-refractivity contribution in [2.24, 2.45) is 0 Å². The Morgan fingerprint density at radius 2 is 1.82 bits per heavy atom. The largest absolute Gasteiger partial charge is 0.444 e. The van der Waals surface area contributed by atoms with Crippen LogP contribution < -0.4 is 15.2 Å². The Balaban J connectivity index is 1.92. The van der Waals surface area contributed by atoms with Crippen LogP contribution in [-0.2, 0) is 17.8 Å². The summed E-state index contributed by atoms with van der Waals surface area (Å²) >= 11 is 0. The number of alkyl carbamates (subject to hydrolysis) is 1. The minimum absolute atomic E-state index is 0.108. The van der Waals surface area contributed by atoms with Gasteiger partial charge in [0.15, 0.2) is 11.0 Å². The first kappa shape index (κ1) is 21.7. The summed E-state index contributed by atoms with van der Waals surface area (Å²) < 4.78 is 9.65. The standard InChI is InChI=1S/C21H32N4O3/c1-7-24-15(3)25(8-2)18-14-16(10-11-17(18)24)19(26)22-12-9-13-23-20(27)28-21(4,5)6/h10-11,14H,7-9,12-13H2,1-6H3,(H-,22,23,26,27)/p+1. The Labute approximate surface area is 167 Å². The lowest BCUT2D eigenvalue weighted by Crippen LogP contribution is -2.35. The van der Waals surface area contributed by atoms with Crippen molar-refractivity contribution in [1.82, 2.24) is 15.2 Å². The van der Waals surface area contributed by atoms with Crippen LogP contribution in [0.15, 0.2) is 18.2 Å². The van der Waals surface area contributed by atoms with Gasteiger partial charge in [-0.05, 0) is 53.2 Å². The average molecular weight is 390 g/mol. The third-order valence-corrected chi connectivity index (χ3v) is 4.54. The topological polar surface area (TPSA) is 76.2 Å². The highest BCUT2D eigenvalue weighted by molar-refractivity contribution is 5.97. The van der Waals surface area contributed by atoms with Gasteiger partial charge in [0.2, 0.25) is 0 Å². The molecule has 0 unspecified atom stereocenters. The molecule has 0 radical (unpaired) electrons. The highest BCUT2D eigenvalue weighted by Gasteiger charge is 2.21. The second-order valence-electron chi connectivity index (χ2n) is 7.78. The van der Waals surface area contributed by atoms with Crippen molar-refractivity contribution in [3.05, 3.63) is 29.6 Å². The highest BCUT2D eigenvalue weighted by atomic mass is 16.6. The van der Waals surface area contributed by atoms with Crippen molar-refractivity contribution in [3.63, 3.8) is 0 Å². The average Bonchev–Trinajstić information content (AvgIpc) is 2.89. The molecule has 1 heterocycles. The predicted octanol–water partition coefficient (Wildman–Crippen LogP) is 2.92. The Kier molecular flexibility index (Phi) is 7.05. The van der Waals surface area contributed by atoms with Crippen molar-refractivity contribution < 1.29 is 18.9 Å². The molecular formula is C21H33N4O3+. The summed E-state index contributed by atoms with van der Waals surface area (Å²) in [6.45, 7) is 14.5. The molecule has 0 bridgehead atoms. The van der Waals surface area contributed by atoms with Crippen LogP contribution in [0.4, 0.5) is 4.79 Å². The quantitative estimate of drug-likeness (QED) is 0.565. The second kappa shape index (κ2) is 9.08. The molecule has 2 aromatic rings. The lowest BCUT2D eigenvalue weighted by atomic mass is 10.2. The van der Waals surface area contributed by atoms with E-state index in [1.54, 1.807) is 0 Å². The number of imidazole rings is 1. The first-order valence-electron chi connectivity index (χ1n) is 9.95. The first-order valence-corrected chi connectivity index (χ1v) is 9.95. The smallest absolute Gasteiger partial charge is 0.407 e. The molecule has 0 saturated heterocycles. The molecule has 1 aromatic heterocycles. The van der Waals surface area contributed by atoms with Gasteiger partial charge in [0, 0.05) is 31.6 Å². The zero-order valence-electron chi connectivity index (χ0n) is 17.9. The van der Waals surface area contributed by atoms with E-state index in [2.05, 4.69) is 40.5 Å². The van der Waals surface area contributed by atoms with Gasteiger partial charge in [-0.3, -0.25) is 4.79 Å². The van der Waals surface area contributed by atoms with Crippen LogP contribution in [0, 0.1) is 6.92 Å². The summed E-state index contributed by atoms with van der Waals surface area (Å²) in [5, 5.41) is 5.60. The zero-order valence-corrected chi connectivity index (χ0v) is 17.9. The minimum atomic E-state index is -0.513. The maximum Gasteiger partial charge on any atom is 0.407 e. The van der Waals surface area contributed by atoms with E-state index in [0.717, 1.165) is 24.1 Å². The van der Waals surface area contributed by atoms with E-state index in [1.165, 1.54) is 5.82 Å². The van der Waals surface area contributed by atoms with Crippen LogP contribution in [0.1, 0.15) is 57.2 Å². The van der Waals surface area contributed by atoms with Crippen molar-refractivity contribution in [2.75, 3.05) is 13.1 Å². The molecule has 7 heteroatoms. The van der Waals surface area contributed by atoms with E-state index in [-0.39, 0.29) is 5.91 Å². The van der Waals surface area contributed by atoms with Gasteiger partial charge in [-0.15, -0.1) is 0 Å². The number of fused-ring (bicyclic) bond motifs is 1. The molecule has 7 nitrogen and oxygen atoms in total. The molecular weight excluding hydrogens is 356 g/mol. The van der Waals surface area contributed by atoms with E-state index >= 15 is 0 Å². The molecule has 0 aliphatic heterocycles. The number of carbonyl (C=O) groups excluding carboxylic acids is 2. The normalized spacial score (nSPS) is 11.5. The van der Waals surface area contributed by atoms with Crippen molar-refractivity contribution in [2.45, 2.75) is 66.7 Å². The SMILES string of the molecule is CCn1c(C)[n+](CC)c2ccc(C(=O)NCCCNC(=O)OC(C)(C)C)cc21. The molecule has 154 valence electrons. The molecule has 2 N–H and O–H groups in total. The predicted molar refractivity (Wildman–Crippen MR) is 109 cm³/mol. The number of ether oxygens (including phenoxy) is 1. The summed E-state index contributed by atoms with van der Waals surface area (Å²) in [6.07, 6.45) is 0.192. The fourth-order valence-corrected chi connectivity index (χ4v) is 3.30. The number of carbonyl (C=O) groups is 2. The van der Waals surface area contributed by atoms with Gasteiger partial charge < -0.3 is 15.4 Å². The second-order valence-corrected chi connectivity index (χ2v) is 7.78. The number of hydrogen-bond acceptors (Lipinski definition) is 3. The number of amides is 2. The van der Waals surface area contributed by atoms with E-state index in [1.807, 2.05) is 39.0 Å². The van der Waals surface area contributed by atoms with Gasteiger partial charge in [-0.2, -0.15) is 0 Å². The molecule has 0 atom stereocenters. The Morgan fingerprint density at radius 1 is 1.14 bits per heavy atom. The van der Waals surface area contributed by atoms with Crippen LogP contribution in [0.5, 0.6) is 0 Å². The van der Waals surface area contributed by atoms with Gasteiger partial charge in [-0.1, -0.05) is 0 Å². The number of nitrogens with one attached hydrogen (secondary N) is 2. The number of nitrogens with zero attached hydrogens (tertiary/aromatic N) is 2. The molecule has 2 rings (SSSR count). The fourth-order valence-electron chi connectivity index (χ4n) is 3.30. The van der Waals surface area contributed by atoms with Gasteiger partial charge in [-0.25, -0.2) is 13.9 Å². The number of hydrogen-bond donors (Lipinski definition) is 2. The molecule has 0 aliphatic rings. The Morgan fingerprint density at radius 3 is 2.43 bits per heavy atom. The summed E-state index contributed by atoms with van der Waals surface area (Å²) in [4.78, 5) is 24.1. The van der Waals surface area contributed by atoms with Gasteiger partial charge >= 0.3 is 6.09 Å².